The number of amides is 1. The Kier molecular flexibility index (Phi) is 7.35. The molecule has 1 saturated heterocycles. The number of piperidine rings is 1. The Morgan fingerprint density at radius 3 is 2.39 bits per heavy atom. The molecule has 2 aromatic carbocycles. The molecule has 0 atom stereocenters. The summed E-state index contributed by atoms with van der Waals surface area (Å²) >= 11 is 5.86. The zero-order valence-electron chi connectivity index (χ0n) is 17.4. The van der Waals surface area contributed by atoms with E-state index in [0.29, 0.717) is 34.7 Å². The Morgan fingerprint density at radius 2 is 1.77 bits per heavy atom. The Balaban J connectivity index is 1.59. The lowest BCUT2D eigenvalue weighted by Gasteiger charge is -2.30. The summed E-state index contributed by atoms with van der Waals surface area (Å²) in [7, 11) is -2.17. The minimum Gasteiger partial charge on any atom is -0.465 e. The van der Waals surface area contributed by atoms with Gasteiger partial charge < -0.3 is 10.1 Å². The molecule has 0 spiro atoms. The molecule has 2 aromatic rings. The van der Waals surface area contributed by atoms with Crippen LogP contribution in [-0.2, 0) is 25.3 Å². The van der Waals surface area contributed by atoms with E-state index >= 15 is 0 Å². The number of benzene rings is 2. The van der Waals surface area contributed by atoms with Gasteiger partial charge in [-0.05, 0) is 55.2 Å². The smallest absolute Gasteiger partial charge is 0.337 e. The topological polar surface area (TPSA) is 92.8 Å². The van der Waals surface area contributed by atoms with Crippen molar-refractivity contribution in [3.8, 4) is 0 Å². The maximum atomic E-state index is 12.7. The van der Waals surface area contributed by atoms with E-state index in [1.807, 2.05) is 6.92 Å². The highest BCUT2D eigenvalue weighted by atomic mass is 35.5. The molecule has 1 aliphatic rings. The van der Waals surface area contributed by atoms with E-state index in [1.54, 1.807) is 42.5 Å². The molecule has 3 rings (SSSR count). The number of methoxy groups -OCH3 is 1. The minimum atomic E-state index is -3.47. The van der Waals surface area contributed by atoms with E-state index in [0.717, 1.165) is 5.56 Å². The van der Waals surface area contributed by atoms with Crippen molar-refractivity contribution < 1.29 is 22.7 Å². The molecule has 1 heterocycles. The number of aryl methyl sites for hydroxylation is 1. The van der Waals surface area contributed by atoms with Gasteiger partial charge in [0, 0.05) is 29.7 Å². The number of rotatable bonds is 6. The molecule has 1 aliphatic heterocycles. The van der Waals surface area contributed by atoms with Crippen molar-refractivity contribution in [2.45, 2.75) is 25.5 Å². The highest BCUT2D eigenvalue weighted by Gasteiger charge is 2.31. The number of hydrogen-bond acceptors (Lipinski definition) is 5. The first-order chi connectivity index (χ1) is 14.7. The van der Waals surface area contributed by atoms with Crippen molar-refractivity contribution in [1.29, 1.82) is 0 Å². The Morgan fingerprint density at radius 1 is 1.13 bits per heavy atom. The molecule has 1 amide bonds. The van der Waals surface area contributed by atoms with Crippen LogP contribution in [0.25, 0.3) is 0 Å². The molecule has 7 nitrogen and oxygen atoms in total. The summed E-state index contributed by atoms with van der Waals surface area (Å²) in [4.78, 5) is 24.5. The normalized spacial score (nSPS) is 15.5. The van der Waals surface area contributed by atoms with Gasteiger partial charge in [-0.25, -0.2) is 17.5 Å². The van der Waals surface area contributed by atoms with E-state index in [4.69, 9.17) is 16.3 Å². The summed E-state index contributed by atoms with van der Waals surface area (Å²) < 4.78 is 31.6. The van der Waals surface area contributed by atoms with Crippen LogP contribution in [-0.4, -0.2) is 44.8 Å². The average molecular weight is 465 g/mol. The molecule has 0 aliphatic carbocycles. The van der Waals surface area contributed by atoms with Crippen molar-refractivity contribution in [1.82, 2.24) is 4.31 Å². The predicted octanol–water partition coefficient (Wildman–Crippen LogP) is 3.62. The first-order valence-electron chi connectivity index (χ1n) is 9.91. The zero-order valence-corrected chi connectivity index (χ0v) is 19.0. The SMILES string of the molecule is COC(=O)c1ccc(C)c(NC(=O)C2CCN(S(=O)(=O)Cc3ccc(Cl)cc3)CC2)c1. The van der Waals surface area contributed by atoms with Crippen LogP contribution >= 0.6 is 11.6 Å². The molecule has 0 saturated carbocycles. The number of carbonyl (C=O) groups excluding carboxylic acids is 2. The molecule has 0 bridgehead atoms. The van der Waals surface area contributed by atoms with Crippen molar-refractivity contribution >= 4 is 39.2 Å². The minimum absolute atomic E-state index is 0.0967. The van der Waals surface area contributed by atoms with E-state index < -0.39 is 16.0 Å². The van der Waals surface area contributed by atoms with Crippen LogP contribution in [0.15, 0.2) is 42.5 Å². The second-order valence-corrected chi connectivity index (χ2v) is 9.97. The largest absolute Gasteiger partial charge is 0.465 e. The lowest BCUT2D eigenvalue weighted by atomic mass is 9.97. The van der Waals surface area contributed by atoms with Gasteiger partial charge in [0.1, 0.15) is 0 Å². The fourth-order valence-electron chi connectivity index (χ4n) is 3.51. The van der Waals surface area contributed by atoms with Crippen molar-refractivity contribution in [3.63, 3.8) is 0 Å². The van der Waals surface area contributed by atoms with Crippen molar-refractivity contribution in [2.75, 3.05) is 25.5 Å². The fraction of sp³-hybridized carbons (Fsp3) is 0.364. The zero-order chi connectivity index (χ0) is 22.6. The van der Waals surface area contributed by atoms with Gasteiger partial charge in [-0.2, -0.15) is 0 Å². The van der Waals surface area contributed by atoms with Gasteiger partial charge in [0.25, 0.3) is 0 Å². The molecular formula is C22H25ClN2O5S. The molecule has 0 unspecified atom stereocenters. The molecule has 9 heteroatoms. The fourth-order valence-corrected chi connectivity index (χ4v) is 5.20. The van der Waals surface area contributed by atoms with Gasteiger partial charge in [-0.3, -0.25) is 4.79 Å². The van der Waals surface area contributed by atoms with Gasteiger partial charge in [0.2, 0.25) is 15.9 Å². The van der Waals surface area contributed by atoms with Crippen molar-refractivity contribution in [3.05, 3.63) is 64.2 Å². The average Bonchev–Trinajstić information content (AvgIpc) is 2.76. The number of carbonyl (C=O) groups is 2. The van der Waals surface area contributed by atoms with Crippen LogP contribution in [0.2, 0.25) is 5.02 Å². The van der Waals surface area contributed by atoms with E-state index in [2.05, 4.69) is 5.32 Å². The molecule has 166 valence electrons. The highest BCUT2D eigenvalue weighted by molar-refractivity contribution is 7.88. The third kappa shape index (κ3) is 5.84. The Bertz CT molecular complexity index is 1060. The van der Waals surface area contributed by atoms with Crippen LogP contribution in [0.1, 0.15) is 34.3 Å². The molecule has 0 radical (unpaired) electrons. The summed E-state index contributed by atoms with van der Waals surface area (Å²) in [5, 5.41) is 3.43. The van der Waals surface area contributed by atoms with Gasteiger partial charge >= 0.3 is 5.97 Å². The summed E-state index contributed by atoms with van der Waals surface area (Å²) in [5.41, 5.74) is 2.39. The van der Waals surface area contributed by atoms with E-state index in [-0.39, 0.29) is 30.7 Å². The maximum Gasteiger partial charge on any atom is 0.337 e. The lowest BCUT2D eigenvalue weighted by molar-refractivity contribution is -0.120. The summed E-state index contributed by atoms with van der Waals surface area (Å²) in [6.07, 6.45) is 0.864. The summed E-state index contributed by atoms with van der Waals surface area (Å²) in [6, 6.07) is 11.7. The number of esters is 1. The Hall–Kier alpha value is -2.42. The second kappa shape index (κ2) is 9.80. The monoisotopic (exact) mass is 464 g/mol. The quantitative estimate of drug-likeness (QED) is 0.659. The number of nitrogens with one attached hydrogen (secondary N) is 1. The number of anilines is 1. The van der Waals surface area contributed by atoms with Crippen LogP contribution in [0, 0.1) is 12.8 Å². The van der Waals surface area contributed by atoms with Crippen LogP contribution < -0.4 is 5.32 Å². The molecule has 1 N–H and O–H groups in total. The van der Waals surface area contributed by atoms with Gasteiger partial charge in [-0.1, -0.05) is 29.8 Å². The summed E-state index contributed by atoms with van der Waals surface area (Å²) in [6.45, 7) is 2.41. The lowest BCUT2D eigenvalue weighted by Crippen LogP contribution is -2.41. The third-order valence-electron chi connectivity index (χ3n) is 5.40. The number of hydrogen-bond donors (Lipinski definition) is 1. The van der Waals surface area contributed by atoms with Gasteiger partial charge in [0.15, 0.2) is 0 Å². The van der Waals surface area contributed by atoms with Gasteiger partial charge in [-0.15, -0.1) is 0 Å². The molecule has 0 aromatic heterocycles. The molecule has 31 heavy (non-hydrogen) atoms. The number of ether oxygens (including phenoxy) is 1. The second-order valence-electron chi connectivity index (χ2n) is 7.57. The van der Waals surface area contributed by atoms with E-state index in [1.165, 1.54) is 11.4 Å². The van der Waals surface area contributed by atoms with Crippen LogP contribution in [0.5, 0.6) is 0 Å². The molecular weight excluding hydrogens is 440 g/mol. The standard InChI is InChI=1S/C22H25ClN2O5S/c1-15-3-6-18(22(27)30-2)13-20(15)24-21(26)17-9-11-25(12-10-17)31(28,29)14-16-4-7-19(23)8-5-16/h3-8,13,17H,9-12,14H2,1-2H3,(H,24,26). The number of nitrogens with zero attached hydrogens (tertiary/aromatic N) is 1. The van der Waals surface area contributed by atoms with Crippen molar-refractivity contribution in [2.24, 2.45) is 5.92 Å². The summed E-state index contributed by atoms with van der Waals surface area (Å²) in [5.74, 6) is -1.06. The number of halogens is 1. The third-order valence-corrected chi connectivity index (χ3v) is 7.50. The number of sulfonamides is 1. The van der Waals surface area contributed by atoms with Gasteiger partial charge in [0.05, 0.1) is 18.4 Å². The van der Waals surface area contributed by atoms with Crippen LogP contribution in [0.4, 0.5) is 5.69 Å². The predicted molar refractivity (Wildman–Crippen MR) is 120 cm³/mol. The molecule has 1 fully saturated rings. The first kappa shape index (κ1) is 23.2. The maximum absolute atomic E-state index is 12.7. The Labute approximate surface area is 187 Å². The first-order valence-corrected chi connectivity index (χ1v) is 11.9. The van der Waals surface area contributed by atoms with Crippen LogP contribution in [0.3, 0.4) is 0 Å². The van der Waals surface area contributed by atoms with E-state index in [9.17, 15) is 18.0 Å². The highest BCUT2D eigenvalue weighted by Crippen LogP contribution is 2.25.